The highest BCUT2D eigenvalue weighted by molar-refractivity contribution is 6.04. The summed E-state index contributed by atoms with van der Waals surface area (Å²) in [5.74, 6) is -0.968. The van der Waals surface area contributed by atoms with Gasteiger partial charge in [-0.25, -0.2) is 4.79 Å². The average molecular weight is 428 g/mol. The van der Waals surface area contributed by atoms with E-state index in [9.17, 15) is 22.8 Å². The topological polar surface area (TPSA) is 86.3 Å². The monoisotopic (exact) mass is 427 g/mol. The first-order valence-corrected chi connectivity index (χ1v) is 8.11. The zero-order valence-electron chi connectivity index (χ0n) is 15.3. The van der Waals surface area contributed by atoms with E-state index < -0.39 is 28.8 Å². The molecule has 0 radical (unpaired) electrons. The smallest absolute Gasteiger partial charge is 0.416 e. The quantitative estimate of drug-likeness (QED) is 0.620. The summed E-state index contributed by atoms with van der Waals surface area (Å²) in [7, 11) is 2.79. The summed E-state index contributed by atoms with van der Waals surface area (Å²) in [5, 5.41) is 3.03. The molecule has 3 N–H and O–H groups in total. The van der Waals surface area contributed by atoms with Crippen LogP contribution in [0.2, 0.25) is 0 Å². The van der Waals surface area contributed by atoms with Gasteiger partial charge in [-0.15, -0.1) is 12.4 Å². The van der Waals surface area contributed by atoms with Crippen LogP contribution < -0.4 is 16.6 Å². The molecule has 0 saturated heterocycles. The molecule has 6 nitrogen and oxygen atoms in total. The maximum atomic E-state index is 13.2. The Morgan fingerprint density at radius 1 is 1.14 bits per heavy atom. The highest BCUT2D eigenvalue weighted by Crippen LogP contribution is 2.34. The maximum absolute atomic E-state index is 13.2. The van der Waals surface area contributed by atoms with Crippen molar-refractivity contribution in [2.24, 2.45) is 0 Å². The summed E-state index contributed by atoms with van der Waals surface area (Å²) in [5.41, 5.74) is 4.41. The number of carbonyl (C=O) groups is 1. The van der Waals surface area contributed by atoms with Crippen LogP contribution in [-0.2, 0) is 10.9 Å². The minimum atomic E-state index is -4.61. The normalized spacial score (nSPS) is 11.1. The van der Waals surface area contributed by atoms with Crippen LogP contribution in [0.5, 0.6) is 0 Å². The van der Waals surface area contributed by atoms with Gasteiger partial charge in [0.05, 0.1) is 23.9 Å². The number of benzene rings is 2. The average Bonchev–Trinajstić information content (AvgIpc) is 2.67. The van der Waals surface area contributed by atoms with Crippen molar-refractivity contribution in [3.63, 3.8) is 0 Å². The summed E-state index contributed by atoms with van der Waals surface area (Å²) in [6.45, 7) is 0. The zero-order chi connectivity index (χ0) is 20.6. The fraction of sp³-hybridized carbons (Fsp3) is 0.158. The van der Waals surface area contributed by atoms with Gasteiger partial charge in [0.15, 0.2) is 0 Å². The van der Waals surface area contributed by atoms with Crippen LogP contribution in [-0.4, -0.2) is 24.7 Å². The summed E-state index contributed by atoms with van der Waals surface area (Å²) in [4.78, 5) is 25.1. The van der Waals surface area contributed by atoms with Crippen LogP contribution in [0.4, 0.5) is 24.5 Å². The second-order valence-corrected chi connectivity index (χ2v) is 5.95. The molecule has 0 saturated carbocycles. The second kappa shape index (κ2) is 8.04. The molecule has 3 aromatic rings. The molecule has 0 aliphatic heterocycles. The molecule has 0 bridgehead atoms. The molecule has 154 valence electrons. The van der Waals surface area contributed by atoms with Gasteiger partial charge in [-0.3, -0.25) is 9.36 Å². The van der Waals surface area contributed by atoms with E-state index in [4.69, 9.17) is 5.73 Å². The number of hydrogen-bond donors (Lipinski definition) is 2. The van der Waals surface area contributed by atoms with Crippen LogP contribution in [0.25, 0.3) is 16.6 Å². The number of halogens is 4. The Balaban J connectivity index is 0.00000300. The minimum absolute atomic E-state index is 0. The molecule has 0 aliphatic carbocycles. The van der Waals surface area contributed by atoms with Crippen molar-refractivity contribution in [1.82, 2.24) is 4.57 Å². The van der Waals surface area contributed by atoms with Gasteiger partial charge in [-0.1, -0.05) is 6.07 Å². The third-order valence-corrected chi connectivity index (χ3v) is 4.35. The van der Waals surface area contributed by atoms with Gasteiger partial charge in [0, 0.05) is 23.8 Å². The maximum Gasteiger partial charge on any atom is 0.416 e. The van der Waals surface area contributed by atoms with Crippen molar-refractivity contribution in [2.75, 3.05) is 25.2 Å². The van der Waals surface area contributed by atoms with Crippen molar-refractivity contribution < 1.29 is 22.7 Å². The molecule has 0 spiro atoms. The Morgan fingerprint density at radius 2 is 1.76 bits per heavy atom. The molecular formula is C19H17ClF3N3O3. The summed E-state index contributed by atoms with van der Waals surface area (Å²) < 4.78 is 45.3. The van der Waals surface area contributed by atoms with Crippen molar-refractivity contribution in [3.05, 3.63) is 63.9 Å². The summed E-state index contributed by atoms with van der Waals surface area (Å²) in [6.07, 6.45) is -4.61. The fourth-order valence-corrected chi connectivity index (χ4v) is 2.92. The van der Waals surface area contributed by atoms with E-state index in [2.05, 4.69) is 10.1 Å². The van der Waals surface area contributed by atoms with Crippen LogP contribution in [0.1, 0.15) is 15.9 Å². The van der Waals surface area contributed by atoms with Crippen LogP contribution in [0.15, 0.2) is 47.3 Å². The Bertz CT molecular complexity index is 1130. The number of ether oxygens (including phenoxy) is 1. The number of nitrogens with one attached hydrogen (secondary N) is 1. The number of nitrogens with two attached hydrogens (primary N) is 1. The predicted molar refractivity (Wildman–Crippen MR) is 107 cm³/mol. The number of aromatic nitrogens is 1. The molecule has 3 rings (SSSR count). The number of esters is 1. The molecule has 0 atom stereocenters. The number of alkyl halides is 3. The first-order chi connectivity index (χ1) is 13.2. The second-order valence-electron chi connectivity index (χ2n) is 5.95. The molecule has 10 heteroatoms. The lowest BCUT2D eigenvalue weighted by molar-refractivity contribution is -0.137. The SMILES string of the molecule is CNc1ccc(-n2c(=O)c(C(=O)OC)c(N)c3ccc(C(F)(F)F)cc32)cc1.Cl. The molecule has 0 aliphatic rings. The number of fused-ring (bicyclic) bond motifs is 1. The lowest BCUT2D eigenvalue weighted by Gasteiger charge is -2.17. The summed E-state index contributed by atoms with van der Waals surface area (Å²) >= 11 is 0. The molecule has 0 unspecified atom stereocenters. The molecule has 1 aromatic heterocycles. The lowest BCUT2D eigenvalue weighted by atomic mass is 10.1. The van der Waals surface area contributed by atoms with E-state index >= 15 is 0 Å². The number of nitrogens with zero attached hydrogens (tertiary/aromatic N) is 1. The molecule has 29 heavy (non-hydrogen) atoms. The molecule has 0 amide bonds. The number of pyridine rings is 1. The number of hydrogen-bond acceptors (Lipinski definition) is 5. The Hall–Kier alpha value is -3.20. The largest absolute Gasteiger partial charge is 0.465 e. The van der Waals surface area contributed by atoms with Gasteiger partial charge < -0.3 is 15.8 Å². The Morgan fingerprint density at radius 3 is 2.28 bits per heavy atom. The lowest BCUT2D eigenvalue weighted by Crippen LogP contribution is -2.28. The third kappa shape index (κ3) is 3.86. The number of carbonyl (C=O) groups excluding carboxylic acids is 1. The fourth-order valence-electron chi connectivity index (χ4n) is 2.92. The zero-order valence-corrected chi connectivity index (χ0v) is 16.1. The van der Waals surface area contributed by atoms with E-state index in [1.54, 1.807) is 31.3 Å². The van der Waals surface area contributed by atoms with Gasteiger partial charge in [0.1, 0.15) is 5.56 Å². The Kier molecular flexibility index (Phi) is 6.13. The third-order valence-electron chi connectivity index (χ3n) is 4.35. The molecule has 1 heterocycles. The van der Waals surface area contributed by atoms with Crippen molar-refractivity contribution in [1.29, 1.82) is 0 Å². The van der Waals surface area contributed by atoms with Crippen LogP contribution in [0.3, 0.4) is 0 Å². The summed E-state index contributed by atoms with van der Waals surface area (Å²) in [6, 6.07) is 9.20. The molecule has 2 aromatic carbocycles. The number of anilines is 2. The van der Waals surface area contributed by atoms with E-state index in [0.717, 1.165) is 35.6 Å². The highest BCUT2D eigenvalue weighted by Gasteiger charge is 2.32. The number of nitrogen functional groups attached to an aromatic ring is 1. The van der Waals surface area contributed by atoms with Crippen molar-refractivity contribution in [3.8, 4) is 5.69 Å². The van der Waals surface area contributed by atoms with E-state index in [0.29, 0.717) is 0 Å². The van der Waals surface area contributed by atoms with Gasteiger partial charge in [0.2, 0.25) is 0 Å². The van der Waals surface area contributed by atoms with Crippen LogP contribution in [0, 0.1) is 0 Å². The van der Waals surface area contributed by atoms with E-state index in [1.165, 1.54) is 0 Å². The van der Waals surface area contributed by atoms with Crippen LogP contribution >= 0.6 is 12.4 Å². The first kappa shape index (κ1) is 22.1. The van der Waals surface area contributed by atoms with E-state index in [1.807, 2.05) is 0 Å². The minimum Gasteiger partial charge on any atom is -0.465 e. The first-order valence-electron chi connectivity index (χ1n) is 8.11. The van der Waals surface area contributed by atoms with Crippen molar-refractivity contribution >= 4 is 40.7 Å². The van der Waals surface area contributed by atoms with Gasteiger partial charge >= 0.3 is 12.1 Å². The predicted octanol–water partition coefficient (Wildman–Crippen LogP) is 3.84. The van der Waals surface area contributed by atoms with Gasteiger partial charge in [-0.2, -0.15) is 13.2 Å². The van der Waals surface area contributed by atoms with Crippen molar-refractivity contribution in [2.45, 2.75) is 6.18 Å². The molecular weight excluding hydrogens is 411 g/mol. The van der Waals surface area contributed by atoms with Gasteiger partial charge in [-0.05, 0) is 36.4 Å². The number of methoxy groups -OCH3 is 1. The Labute approximate surface area is 169 Å². The molecule has 0 fully saturated rings. The highest BCUT2D eigenvalue weighted by atomic mass is 35.5. The number of rotatable bonds is 3. The van der Waals surface area contributed by atoms with E-state index in [-0.39, 0.29) is 34.7 Å². The van der Waals surface area contributed by atoms with Gasteiger partial charge in [0.25, 0.3) is 5.56 Å². The standard InChI is InChI=1S/C19H16F3N3O3.ClH/c1-24-11-4-6-12(7-5-11)25-14-9-10(19(20,21)22)3-8-13(14)16(23)15(17(25)26)18(27)28-2;/h3-9,24H,23H2,1-2H3;1H.